The lowest BCUT2D eigenvalue weighted by Gasteiger charge is -2.30. The number of carbonyl (C=O) groups is 1. The van der Waals surface area contributed by atoms with E-state index in [1.807, 2.05) is 5.87 Å². The zero-order valence-corrected chi connectivity index (χ0v) is 20.7. The number of nitrogens with zero attached hydrogens (tertiary/aromatic N) is 1. The van der Waals surface area contributed by atoms with Crippen LogP contribution in [0.3, 0.4) is 0 Å². The monoisotopic (exact) mass is 512 g/mol. The number of alkyl halides is 3. The summed E-state index contributed by atoms with van der Waals surface area (Å²) < 4.78 is 48.8. The lowest BCUT2D eigenvalue weighted by molar-refractivity contribution is -0.670. The summed E-state index contributed by atoms with van der Waals surface area (Å²) in [7, 11) is 0. The summed E-state index contributed by atoms with van der Waals surface area (Å²) in [5, 5.41) is 17.5. The maximum atomic E-state index is 12.9. The molecule has 0 saturated carbocycles. The van der Waals surface area contributed by atoms with Gasteiger partial charge >= 0.3 is 6.18 Å². The van der Waals surface area contributed by atoms with Gasteiger partial charge in [0.15, 0.2) is 5.78 Å². The molecule has 2 fully saturated rings. The number of ether oxygens (including phenoxy) is 2. The van der Waals surface area contributed by atoms with Crippen LogP contribution in [-0.4, -0.2) is 69.2 Å². The molecule has 4 N–H and O–H groups in total. The molecule has 11 heteroatoms. The Hall–Kier alpha value is -2.40. The minimum atomic E-state index is -4.51. The van der Waals surface area contributed by atoms with Gasteiger partial charge < -0.3 is 30.8 Å². The number of morpholine rings is 2. The van der Waals surface area contributed by atoms with Crippen LogP contribution in [0.1, 0.15) is 30.9 Å². The first-order chi connectivity index (χ1) is 16.7. The number of thiocarbonyl (C=S) groups is 1. The number of rotatable bonds is 2. The summed E-state index contributed by atoms with van der Waals surface area (Å²) in [6.07, 6.45) is -4.51. The van der Waals surface area contributed by atoms with E-state index in [9.17, 15) is 23.4 Å². The van der Waals surface area contributed by atoms with Gasteiger partial charge in [-0.05, 0) is 25.5 Å². The average molecular weight is 513 g/mol. The largest absolute Gasteiger partial charge is 0.763 e. The van der Waals surface area contributed by atoms with Crippen LogP contribution in [0.5, 0.6) is 0 Å². The molecule has 1 unspecified atom stereocenters. The smallest absolute Gasteiger partial charge is 0.416 e. The van der Waals surface area contributed by atoms with Crippen molar-refractivity contribution in [2.45, 2.75) is 25.9 Å². The summed E-state index contributed by atoms with van der Waals surface area (Å²) in [6.45, 7) is 10.9. The number of nitrogens with one attached hydrogen (secondary N) is 2. The Balaban J connectivity index is 0.000000290. The number of nitrogens with two attached hydrogens (primary N) is 1. The third-order valence-corrected chi connectivity index (χ3v) is 5.67. The van der Waals surface area contributed by atoms with Crippen LogP contribution >= 0.6 is 12.2 Å². The van der Waals surface area contributed by atoms with E-state index in [-0.39, 0.29) is 27.5 Å². The Morgan fingerprint density at radius 3 is 2.20 bits per heavy atom. The maximum Gasteiger partial charge on any atom is 0.416 e. The van der Waals surface area contributed by atoms with Crippen molar-refractivity contribution in [3.8, 4) is 0 Å². The molecule has 2 saturated heterocycles. The summed E-state index contributed by atoms with van der Waals surface area (Å²) >= 11 is 5.09. The summed E-state index contributed by atoms with van der Waals surface area (Å²) in [4.78, 5) is 12.1. The van der Waals surface area contributed by atoms with Crippen molar-refractivity contribution in [1.82, 2.24) is 10.6 Å². The van der Waals surface area contributed by atoms with Crippen molar-refractivity contribution >= 4 is 28.9 Å². The molecule has 192 valence electrons. The van der Waals surface area contributed by atoms with Crippen LogP contribution in [-0.2, 0) is 20.4 Å². The maximum absolute atomic E-state index is 12.9. The second kappa shape index (κ2) is 14.2. The predicted octanol–water partition coefficient (Wildman–Crippen LogP) is 1.93. The molecule has 0 aliphatic carbocycles. The van der Waals surface area contributed by atoms with Gasteiger partial charge in [0, 0.05) is 35.9 Å². The van der Waals surface area contributed by atoms with E-state index in [2.05, 4.69) is 16.0 Å². The Bertz CT molecular complexity index is 932. The number of allylic oxidation sites excluding steroid dienone is 2. The zero-order chi connectivity index (χ0) is 25.8. The fourth-order valence-corrected chi connectivity index (χ4v) is 4.02. The molecule has 3 aliphatic heterocycles. The SMILES string of the molecule is C1COCCN1.C1COCC[NH2+]1.CC(=O)C1=C(C)NC(=S)C(=C=[N-])C1c1cccc(C(F)(F)F)c1. The summed E-state index contributed by atoms with van der Waals surface area (Å²) in [6, 6.07) is 4.61. The molecule has 1 aromatic carbocycles. The van der Waals surface area contributed by atoms with Crippen molar-refractivity contribution in [3.05, 3.63) is 57.6 Å². The van der Waals surface area contributed by atoms with Crippen molar-refractivity contribution in [1.29, 1.82) is 0 Å². The molecule has 3 heterocycles. The summed E-state index contributed by atoms with van der Waals surface area (Å²) in [5.41, 5.74) is 0.135. The fraction of sp³-hybridized carbons (Fsp3) is 0.500. The zero-order valence-electron chi connectivity index (χ0n) is 19.8. The molecule has 3 aliphatic rings. The fourth-order valence-electron chi connectivity index (χ4n) is 3.70. The van der Waals surface area contributed by atoms with Crippen molar-refractivity contribution < 1.29 is 32.8 Å². The standard InChI is InChI=1S/C16H12F3N2OS.2C4H9NO/c1-8-13(9(2)22)14(12(7-20)15(23)21-8)10-4-3-5-11(6-10)16(17,18)19;2*1-3-6-4-2-5-1/h3-6,14H,1-2H3,(H,21,23);2*5H,1-4H2/q-1;;/p+1. The van der Waals surface area contributed by atoms with E-state index in [4.69, 9.17) is 21.7 Å². The first-order valence-electron chi connectivity index (χ1n) is 11.3. The Labute approximate surface area is 208 Å². The highest BCUT2D eigenvalue weighted by molar-refractivity contribution is 7.80. The molecule has 0 aromatic heterocycles. The van der Waals surface area contributed by atoms with E-state index >= 15 is 0 Å². The number of Topliss-reactive ketones (excluding diaryl/α,β-unsaturated/α-hetero) is 1. The van der Waals surface area contributed by atoms with Gasteiger partial charge in [-0.2, -0.15) is 13.2 Å². The first-order valence-corrected chi connectivity index (χ1v) is 11.7. The van der Waals surface area contributed by atoms with E-state index in [1.165, 1.54) is 19.1 Å². The molecule has 4 rings (SSSR count). The second-order valence-corrected chi connectivity index (χ2v) is 8.38. The number of benzene rings is 1. The van der Waals surface area contributed by atoms with Gasteiger partial charge in [-0.1, -0.05) is 30.4 Å². The van der Waals surface area contributed by atoms with Gasteiger partial charge in [-0.3, -0.25) is 10.7 Å². The average Bonchev–Trinajstić information content (AvgIpc) is 2.86. The van der Waals surface area contributed by atoms with E-state index in [0.717, 1.165) is 64.7 Å². The first kappa shape index (κ1) is 28.8. The lowest BCUT2D eigenvalue weighted by atomic mass is 9.79. The Morgan fingerprint density at radius 2 is 1.80 bits per heavy atom. The Kier molecular flexibility index (Phi) is 11.7. The van der Waals surface area contributed by atoms with Gasteiger partial charge in [0.2, 0.25) is 0 Å². The molecule has 0 spiro atoms. The third-order valence-electron chi connectivity index (χ3n) is 5.35. The van der Waals surface area contributed by atoms with Crippen LogP contribution in [0.4, 0.5) is 13.2 Å². The van der Waals surface area contributed by atoms with E-state index in [1.54, 1.807) is 6.92 Å². The highest BCUT2D eigenvalue weighted by Crippen LogP contribution is 2.38. The molecule has 35 heavy (non-hydrogen) atoms. The van der Waals surface area contributed by atoms with Crippen LogP contribution < -0.4 is 16.0 Å². The molecule has 0 radical (unpaired) electrons. The quantitative estimate of drug-likeness (QED) is 0.318. The number of ketones is 1. The minimum absolute atomic E-state index is 0.0649. The van der Waals surface area contributed by atoms with Crippen molar-refractivity contribution in [2.75, 3.05) is 52.6 Å². The normalized spacial score (nSPS) is 20.4. The van der Waals surface area contributed by atoms with E-state index in [0.29, 0.717) is 5.70 Å². The van der Waals surface area contributed by atoms with Gasteiger partial charge in [0.1, 0.15) is 4.99 Å². The number of halogens is 3. The van der Waals surface area contributed by atoms with E-state index < -0.39 is 17.7 Å². The highest BCUT2D eigenvalue weighted by Gasteiger charge is 2.35. The molecular weight excluding hydrogens is 481 g/mol. The van der Waals surface area contributed by atoms with Crippen LogP contribution in [0.25, 0.3) is 5.41 Å². The third kappa shape index (κ3) is 8.96. The summed E-state index contributed by atoms with van der Waals surface area (Å²) in [5.74, 6) is 0.690. The molecule has 1 atom stereocenters. The van der Waals surface area contributed by atoms with Gasteiger partial charge in [-0.25, -0.2) is 0 Å². The number of carbonyl (C=O) groups excluding carboxylic acids is 1. The molecule has 0 bridgehead atoms. The van der Waals surface area contributed by atoms with Crippen LogP contribution in [0.15, 0.2) is 41.1 Å². The lowest BCUT2D eigenvalue weighted by Crippen LogP contribution is -2.87. The predicted molar refractivity (Wildman–Crippen MR) is 131 cm³/mol. The number of quaternary nitrogens is 1. The van der Waals surface area contributed by atoms with Crippen LogP contribution in [0, 0.1) is 0 Å². The number of hydrogen-bond donors (Lipinski definition) is 3. The van der Waals surface area contributed by atoms with Crippen molar-refractivity contribution in [2.24, 2.45) is 0 Å². The van der Waals surface area contributed by atoms with Crippen molar-refractivity contribution in [3.63, 3.8) is 0 Å². The molecule has 1 aromatic rings. The molecule has 7 nitrogen and oxygen atoms in total. The molecule has 0 amide bonds. The second-order valence-electron chi connectivity index (χ2n) is 7.97. The van der Waals surface area contributed by atoms with Gasteiger partial charge in [-0.15, -0.1) is 0 Å². The van der Waals surface area contributed by atoms with Crippen LogP contribution in [0.2, 0.25) is 0 Å². The number of hydrogen-bond acceptors (Lipinski definition) is 5. The molecular formula is C24H31F3N4O3S. The highest BCUT2D eigenvalue weighted by atomic mass is 32.1. The van der Waals surface area contributed by atoms with Gasteiger partial charge in [0.05, 0.1) is 45.1 Å². The topological polar surface area (TPSA) is 98.5 Å². The Morgan fingerprint density at radius 1 is 1.17 bits per heavy atom. The minimum Gasteiger partial charge on any atom is -0.763 e. The van der Waals surface area contributed by atoms with Gasteiger partial charge in [0.25, 0.3) is 0 Å².